The van der Waals surface area contributed by atoms with Crippen molar-refractivity contribution in [2.24, 2.45) is 10.9 Å². The molecular weight excluding hydrogens is 457 g/mol. The van der Waals surface area contributed by atoms with Crippen LogP contribution >= 0.6 is 24.0 Å². The van der Waals surface area contributed by atoms with E-state index < -0.39 is 0 Å². The third kappa shape index (κ3) is 7.23. The van der Waals surface area contributed by atoms with E-state index in [2.05, 4.69) is 39.5 Å². The average Bonchev–Trinajstić information content (AvgIpc) is 3.33. The fraction of sp³-hybridized carbons (Fsp3) is 0.789. The minimum absolute atomic E-state index is 0. The second kappa shape index (κ2) is 11.9. The Hall–Kier alpha value is -0.870. The second-order valence-electron chi connectivity index (χ2n) is 7.28. The fourth-order valence-corrected chi connectivity index (χ4v) is 3.62. The quantitative estimate of drug-likeness (QED) is 0.347. The molecule has 27 heavy (non-hydrogen) atoms. The van der Waals surface area contributed by atoms with Crippen LogP contribution in [-0.4, -0.2) is 61.5 Å². The minimum atomic E-state index is 0. The summed E-state index contributed by atoms with van der Waals surface area (Å²) in [5, 5.41) is 11.0. The first-order valence-electron chi connectivity index (χ1n) is 10.1. The van der Waals surface area contributed by atoms with Crippen LogP contribution in [-0.2, 0) is 17.7 Å². The smallest absolute Gasteiger partial charge is 0.191 e. The summed E-state index contributed by atoms with van der Waals surface area (Å²) in [6, 6.07) is 2.46. The molecule has 1 aromatic rings. The minimum Gasteiger partial charge on any atom is -0.381 e. The molecule has 2 aliphatic heterocycles. The van der Waals surface area contributed by atoms with Crippen molar-refractivity contribution in [1.29, 1.82) is 0 Å². The van der Waals surface area contributed by atoms with Crippen molar-refractivity contribution in [3.05, 3.63) is 17.5 Å². The Morgan fingerprint density at radius 2 is 2.11 bits per heavy atom. The SMILES string of the molecule is CCNC(=NCc1cc(CC)no1)NC1CCN(CC2CCOC2)CC1.I. The first-order valence-corrected chi connectivity index (χ1v) is 10.1. The van der Waals surface area contributed by atoms with Gasteiger partial charge in [-0.05, 0) is 38.5 Å². The van der Waals surface area contributed by atoms with Gasteiger partial charge in [-0.1, -0.05) is 12.1 Å². The number of aliphatic imine (C=N–C) groups is 1. The van der Waals surface area contributed by atoms with E-state index in [1.165, 1.54) is 13.0 Å². The zero-order chi connectivity index (χ0) is 18.2. The first kappa shape index (κ1) is 22.4. The highest BCUT2D eigenvalue weighted by Crippen LogP contribution is 2.17. The lowest BCUT2D eigenvalue weighted by atomic mass is 10.0. The molecule has 2 fully saturated rings. The summed E-state index contributed by atoms with van der Waals surface area (Å²) < 4.78 is 10.8. The van der Waals surface area contributed by atoms with Gasteiger partial charge in [-0.25, -0.2) is 4.99 Å². The molecule has 1 aromatic heterocycles. The number of aryl methyl sites for hydroxylation is 1. The summed E-state index contributed by atoms with van der Waals surface area (Å²) in [7, 11) is 0. The standard InChI is InChI=1S/C19H33N5O2.HI/c1-3-16-11-18(26-23-16)12-21-19(20-4-2)22-17-5-8-24(9-6-17)13-15-7-10-25-14-15;/h11,15,17H,3-10,12-14H2,1-2H3,(H2,20,21,22);1H. The molecule has 0 spiro atoms. The predicted molar refractivity (Wildman–Crippen MR) is 118 cm³/mol. The van der Waals surface area contributed by atoms with Crippen molar-refractivity contribution < 1.29 is 9.26 Å². The van der Waals surface area contributed by atoms with Gasteiger partial charge in [0.2, 0.25) is 0 Å². The Morgan fingerprint density at radius 3 is 2.74 bits per heavy atom. The summed E-state index contributed by atoms with van der Waals surface area (Å²) in [6.45, 7) is 10.9. The van der Waals surface area contributed by atoms with Gasteiger partial charge in [0.25, 0.3) is 0 Å². The molecule has 3 rings (SSSR count). The lowest BCUT2D eigenvalue weighted by molar-refractivity contribution is 0.150. The number of guanidine groups is 1. The third-order valence-corrected chi connectivity index (χ3v) is 5.18. The number of rotatable bonds is 7. The molecule has 1 unspecified atom stereocenters. The van der Waals surface area contributed by atoms with Gasteiger partial charge in [-0.2, -0.15) is 0 Å². The van der Waals surface area contributed by atoms with E-state index in [1.54, 1.807) is 0 Å². The van der Waals surface area contributed by atoms with E-state index >= 15 is 0 Å². The second-order valence-corrected chi connectivity index (χ2v) is 7.28. The lowest BCUT2D eigenvalue weighted by Crippen LogP contribution is -2.49. The van der Waals surface area contributed by atoms with Crippen LogP contribution in [0.5, 0.6) is 0 Å². The number of nitrogens with one attached hydrogen (secondary N) is 2. The largest absolute Gasteiger partial charge is 0.381 e. The van der Waals surface area contributed by atoms with Crippen molar-refractivity contribution in [3.8, 4) is 0 Å². The zero-order valence-corrected chi connectivity index (χ0v) is 18.9. The molecule has 0 radical (unpaired) electrons. The number of likely N-dealkylation sites (tertiary alicyclic amines) is 1. The molecule has 0 aromatic carbocycles. The van der Waals surface area contributed by atoms with E-state index in [0.717, 1.165) is 75.4 Å². The zero-order valence-electron chi connectivity index (χ0n) is 16.6. The van der Waals surface area contributed by atoms with Gasteiger partial charge >= 0.3 is 0 Å². The molecule has 154 valence electrons. The topological polar surface area (TPSA) is 74.9 Å². The van der Waals surface area contributed by atoms with Gasteiger partial charge in [0, 0.05) is 44.9 Å². The number of piperidine rings is 1. The van der Waals surface area contributed by atoms with Crippen LogP contribution in [0.2, 0.25) is 0 Å². The van der Waals surface area contributed by atoms with Crippen LogP contribution in [0.15, 0.2) is 15.6 Å². The molecule has 3 heterocycles. The van der Waals surface area contributed by atoms with Gasteiger partial charge < -0.3 is 24.8 Å². The molecule has 0 bridgehead atoms. The van der Waals surface area contributed by atoms with Crippen molar-refractivity contribution in [2.75, 3.05) is 39.4 Å². The molecular formula is C19H34IN5O2. The molecule has 0 saturated carbocycles. The van der Waals surface area contributed by atoms with Crippen molar-refractivity contribution in [2.45, 2.75) is 52.1 Å². The number of hydrogen-bond donors (Lipinski definition) is 2. The average molecular weight is 491 g/mol. The molecule has 2 N–H and O–H groups in total. The summed E-state index contributed by atoms with van der Waals surface area (Å²) in [5.41, 5.74) is 0.980. The Kier molecular flexibility index (Phi) is 9.84. The van der Waals surface area contributed by atoms with E-state index in [9.17, 15) is 0 Å². The van der Waals surface area contributed by atoms with E-state index in [1.807, 2.05) is 6.07 Å². The molecule has 8 heteroatoms. The first-order chi connectivity index (χ1) is 12.8. The molecule has 2 saturated heterocycles. The molecule has 1 atom stereocenters. The van der Waals surface area contributed by atoms with Crippen molar-refractivity contribution in [1.82, 2.24) is 20.7 Å². The van der Waals surface area contributed by atoms with Crippen LogP contribution < -0.4 is 10.6 Å². The van der Waals surface area contributed by atoms with Gasteiger partial charge in [0.05, 0.1) is 12.3 Å². The maximum Gasteiger partial charge on any atom is 0.191 e. The maximum atomic E-state index is 5.50. The van der Waals surface area contributed by atoms with Crippen molar-refractivity contribution in [3.63, 3.8) is 0 Å². The Bertz CT molecular complexity index is 566. The highest BCUT2D eigenvalue weighted by atomic mass is 127. The summed E-state index contributed by atoms with van der Waals surface area (Å²) in [4.78, 5) is 7.24. The van der Waals surface area contributed by atoms with Gasteiger partial charge in [-0.15, -0.1) is 24.0 Å². The van der Waals surface area contributed by atoms with Crippen molar-refractivity contribution >= 4 is 29.9 Å². The number of nitrogens with zero attached hydrogens (tertiary/aromatic N) is 3. The molecule has 7 nitrogen and oxygen atoms in total. The van der Waals surface area contributed by atoms with Crippen LogP contribution in [0.4, 0.5) is 0 Å². The Balaban J connectivity index is 0.00000261. The van der Waals surface area contributed by atoms with Crippen LogP contribution in [0, 0.1) is 5.92 Å². The third-order valence-electron chi connectivity index (χ3n) is 5.18. The predicted octanol–water partition coefficient (Wildman–Crippen LogP) is 2.41. The van der Waals surface area contributed by atoms with E-state index in [0.29, 0.717) is 12.6 Å². The van der Waals surface area contributed by atoms with E-state index in [4.69, 9.17) is 9.26 Å². The van der Waals surface area contributed by atoms with Crippen LogP contribution in [0.1, 0.15) is 44.6 Å². The number of aromatic nitrogens is 1. The number of ether oxygens (including phenoxy) is 1. The van der Waals surface area contributed by atoms with Gasteiger partial charge in [0.15, 0.2) is 11.7 Å². The number of halogens is 1. The fourth-order valence-electron chi connectivity index (χ4n) is 3.62. The summed E-state index contributed by atoms with van der Waals surface area (Å²) in [6.07, 6.45) is 4.41. The Labute approximate surface area is 179 Å². The number of hydrogen-bond acceptors (Lipinski definition) is 5. The highest BCUT2D eigenvalue weighted by Gasteiger charge is 2.24. The van der Waals surface area contributed by atoms with Crippen LogP contribution in [0.25, 0.3) is 0 Å². The highest BCUT2D eigenvalue weighted by molar-refractivity contribution is 14.0. The molecule has 2 aliphatic rings. The monoisotopic (exact) mass is 491 g/mol. The maximum absolute atomic E-state index is 5.50. The van der Waals surface area contributed by atoms with Gasteiger partial charge in [-0.3, -0.25) is 0 Å². The summed E-state index contributed by atoms with van der Waals surface area (Å²) in [5.74, 6) is 2.41. The van der Waals surface area contributed by atoms with Crippen LogP contribution in [0.3, 0.4) is 0 Å². The molecule has 0 amide bonds. The van der Waals surface area contributed by atoms with Gasteiger partial charge in [0.1, 0.15) is 6.54 Å². The van der Waals surface area contributed by atoms with E-state index in [-0.39, 0.29) is 24.0 Å². The molecule has 0 aliphatic carbocycles. The normalized spacial score (nSPS) is 21.9. The Morgan fingerprint density at radius 1 is 1.30 bits per heavy atom. The summed E-state index contributed by atoms with van der Waals surface area (Å²) >= 11 is 0. The lowest BCUT2D eigenvalue weighted by Gasteiger charge is -2.34.